The molecular formula is C13H20ClN3O. The summed E-state index contributed by atoms with van der Waals surface area (Å²) >= 11 is 6.04. The monoisotopic (exact) mass is 269 g/mol. The molecular weight excluding hydrogens is 250 g/mol. The lowest BCUT2D eigenvalue weighted by atomic mass is 10.1. The summed E-state index contributed by atoms with van der Waals surface area (Å²) in [6.07, 6.45) is 0.913. The Kier molecular flexibility index (Phi) is 5.28. The fraction of sp³-hybridized carbons (Fsp3) is 0.462. The van der Waals surface area contributed by atoms with Crippen molar-refractivity contribution in [3.63, 3.8) is 0 Å². The van der Waals surface area contributed by atoms with E-state index in [-0.39, 0.29) is 11.9 Å². The molecule has 0 aliphatic heterocycles. The molecule has 1 aromatic carbocycles. The maximum absolute atomic E-state index is 11.8. The van der Waals surface area contributed by atoms with Crippen molar-refractivity contribution in [2.45, 2.75) is 33.2 Å². The smallest absolute Gasteiger partial charge is 0.242 e. The van der Waals surface area contributed by atoms with Gasteiger partial charge in [0.1, 0.15) is 6.04 Å². The van der Waals surface area contributed by atoms with Crippen LogP contribution in [0.2, 0.25) is 5.02 Å². The summed E-state index contributed by atoms with van der Waals surface area (Å²) < 4.78 is 0. The molecule has 0 radical (unpaired) electrons. The van der Waals surface area contributed by atoms with E-state index in [4.69, 9.17) is 17.3 Å². The van der Waals surface area contributed by atoms with Gasteiger partial charge in [0, 0.05) is 11.6 Å². The molecule has 100 valence electrons. The van der Waals surface area contributed by atoms with E-state index in [1.165, 1.54) is 0 Å². The van der Waals surface area contributed by atoms with Gasteiger partial charge in [-0.15, -0.1) is 0 Å². The van der Waals surface area contributed by atoms with E-state index in [1.807, 2.05) is 13.8 Å². The minimum absolute atomic E-state index is 0.0457. The van der Waals surface area contributed by atoms with Gasteiger partial charge in [-0.25, -0.2) is 0 Å². The van der Waals surface area contributed by atoms with Crippen LogP contribution in [0.3, 0.4) is 0 Å². The number of hydrogen-bond donors (Lipinski definition) is 3. The molecule has 1 atom stereocenters. The summed E-state index contributed by atoms with van der Waals surface area (Å²) in [7, 11) is 0. The van der Waals surface area contributed by atoms with Crippen molar-refractivity contribution in [2.75, 3.05) is 17.6 Å². The van der Waals surface area contributed by atoms with E-state index < -0.39 is 0 Å². The summed E-state index contributed by atoms with van der Waals surface area (Å²) in [5, 5.41) is 6.57. The molecule has 1 aromatic rings. The minimum Gasteiger partial charge on any atom is -0.397 e. The first kappa shape index (κ1) is 14.6. The van der Waals surface area contributed by atoms with Crippen molar-refractivity contribution in [3.8, 4) is 0 Å². The number of amides is 1. The molecule has 18 heavy (non-hydrogen) atoms. The fourth-order valence-corrected chi connectivity index (χ4v) is 1.74. The molecule has 1 rings (SSSR count). The van der Waals surface area contributed by atoms with E-state index in [0.717, 1.165) is 17.7 Å². The average molecular weight is 270 g/mol. The molecule has 4 N–H and O–H groups in total. The molecule has 0 aliphatic carbocycles. The SMILES string of the molecule is CCCNC(=O)C(C)Nc1c(N)ccc(Cl)c1C. The van der Waals surface area contributed by atoms with Crippen molar-refractivity contribution in [1.82, 2.24) is 5.32 Å². The number of halogens is 1. The highest BCUT2D eigenvalue weighted by Crippen LogP contribution is 2.29. The molecule has 0 spiro atoms. The number of nitrogens with two attached hydrogens (primary N) is 1. The Hall–Kier alpha value is -1.42. The molecule has 0 aliphatic rings. The highest BCUT2D eigenvalue weighted by molar-refractivity contribution is 6.32. The second-order valence-electron chi connectivity index (χ2n) is 4.29. The van der Waals surface area contributed by atoms with E-state index in [0.29, 0.717) is 17.3 Å². The molecule has 1 amide bonds. The lowest BCUT2D eigenvalue weighted by Gasteiger charge is -2.19. The summed E-state index contributed by atoms with van der Waals surface area (Å²) in [6, 6.07) is 3.13. The van der Waals surface area contributed by atoms with Crippen molar-refractivity contribution < 1.29 is 4.79 Å². The number of hydrogen-bond acceptors (Lipinski definition) is 3. The first-order valence-electron chi connectivity index (χ1n) is 6.06. The summed E-state index contributed by atoms with van der Waals surface area (Å²) in [6.45, 7) is 6.36. The Balaban J connectivity index is 2.78. The van der Waals surface area contributed by atoms with Crippen LogP contribution in [0.4, 0.5) is 11.4 Å². The van der Waals surface area contributed by atoms with Crippen molar-refractivity contribution >= 4 is 28.9 Å². The van der Waals surface area contributed by atoms with Gasteiger partial charge in [-0.2, -0.15) is 0 Å². The van der Waals surface area contributed by atoms with E-state index in [1.54, 1.807) is 19.1 Å². The molecule has 5 heteroatoms. The van der Waals surface area contributed by atoms with Crippen LogP contribution in [0.1, 0.15) is 25.8 Å². The van der Waals surface area contributed by atoms with Crippen LogP contribution in [0, 0.1) is 6.92 Å². The highest BCUT2D eigenvalue weighted by atomic mass is 35.5. The van der Waals surface area contributed by atoms with Gasteiger partial charge >= 0.3 is 0 Å². The van der Waals surface area contributed by atoms with Crippen LogP contribution in [0.5, 0.6) is 0 Å². The van der Waals surface area contributed by atoms with Gasteiger partial charge in [0.05, 0.1) is 11.4 Å². The number of nitrogen functional groups attached to an aromatic ring is 1. The van der Waals surface area contributed by atoms with Crippen LogP contribution in [-0.2, 0) is 4.79 Å². The third-order valence-electron chi connectivity index (χ3n) is 2.73. The Labute approximate surface area is 113 Å². The molecule has 0 aromatic heterocycles. The molecule has 0 bridgehead atoms. The van der Waals surface area contributed by atoms with Gasteiger partial charge in [0.25, 0.3) is 0 Å². The summed E-state index contributed by atoms with van der Waals surface area (Å²) in [5.41, 5.74) is 8.05. The van der Waals surface area contributed by atoms with Gasteiger partial charge in [0.2, 0.25) is 5.91 Å². The van der Waals surface area contributed by atoms with Crippen molar-refractivity contribution in [1.29, 1.82) is 0 Å². The number of carbonyl (C=O) groups is 1. The van der Waals surface area contributed by atoms with Gasteiger partial charge in [-0.05, 0) is 38.0 Å². The lowest BCUT2D eigenvalue weighted by molar-refractivity contribution is -0.121. The van der Waals surface area contributed by atoms with E-state index in [2.05, 4.69) is 10.6 Å². The van der Waals surface area contributed by atoms with Crippen LogP contribution in [0.15, 0.2) is 12.1 Å². The van der Waals surface area contributed by atoms with Crippen LogP contribution >= 0.6 is 11.6 Å². The minimum atomic E-state index is -0.351. The van der Waals surface area contributed by atoms with E-state index in [9.17, 15) is 4.79 Å². The zero-order valence-electron chi connectivity index (χ0n) is 11.0. The maximum Gasteiger partial charge on any atom is 0.242 e. The number of nitrogens with one attached hydrogen (secondary N) is 2. The number of carbonyl (C=O) groups excluding carboxylic acids is 1. The number of anilines is 2. The molecule has 0 saturated carbocycles. The fourth-order valence-electron chi connectivity index (χ4n) is 1.58. The predicted molar refractivity (Wildman–Crippen MR) is 77.0 cm³/mol. The number of rotatable bonds is 5. The van der Waals surface area contributed by atoms with Crippen LogP contribution < -0.4 is 16.4 Å². The molecule has 0 heterocycles. The zero-order valence-corrected chi connectivity index (χ0v) is 11.8. The summed E-state index contributed by atoms with van der Waals surface area (Å²) in [5.74, 6) is -0.0457. The van der Waals surface area contributed by atoms with Gasteiger partial charge < -0.3 is 16.4 Å². The molecule has 4 nitrogen and oxygen atoms in total. The van der Waals surface area contributed by atoms with Crippen LogP contribution in [0.25, 0.3) is 0 Å². The third kappa shape index (κ3) is 3.53. The zero-order chi connectivity index (χ0) is 13.7. The van der Waals surface area contributed by atoms with Crippen molar-refractivity contribution in [3.05, 3.63) is 22.7 Å². The largest absolute Gasteiger partial charge is 0.397 e. The summed E-state index contributed by atoms with van der Waals surface area (Å²) in [4.78, 5) is 11.8. The topological polar surface area (TPSA) is 67.2 Å². The third-order valence-corrected chi connectivity index (χ3v) is 3.14. The first-order chi connectivity index (χ1) is 8.47. The van der Waals surface area contributed by atoms with Gasteiger partial charge in [0.15, 0.2) is 0 Å². The standard InChI is InChI=1S/C13H20ClN3O/c1-4-7-16-13(18)9(3)17-12-8(2)10(14)5-6-11(12)15/h5-6,9,17H,4,7,15H2,1-3H3,(H,16,18). The van der Waals surface area contributed by atoms with Gasteiger partial charge in [-0.1, -0.05) is 18.5 Å². The second kappa shape index (κ2) is 6.50. The highest BCUT2D eigenvalue weighted by Gasteiger charge is 2.15. The molecule has 0 saturated heterocycles. The van der Waals surface area contributed by atoms with Crippen LogP contribution in [-0.4, -0.2) is 18.5 Å². The Morgan fingerprint density at radius 2 is 2.17 bits per heavy atom. The second-order valence-corrected chi connectivity index (χ2v) is 4.70. The quantitative estimate of drug-likeness (QED) is 0.720. The number of benzene rings is 1. The lowest BCUT2D eigenvalue weighted by Crippen LogP contribution is -2.38. The maximum atomic E-state index is 11.8. The first-order valence-corrected chi connectivity index (χ1v) is 6.44. The Bertz CT molecular complexity index is 434. The van der Waals surface area contributed by atoms with E-state index >= 15 is 0 Å². The average Bonchev–Trinajstić information content (AvgIpc) is 2.36. The predicted octanol–water partition coefficient (Wildman–Crippen LogP) is 2.56. The van der Waals surface area contributed by atoms with Gasteiger partial charge in [-0.3, -0.25) is 4.79 Å². The Morgan fingerprint density at radius 1 is 1.50 bits per heavy atom. The molecule has 1 unspecified atom stereocenters. The Morgan fingerprint density at radius 3 is 2.78 bits per heavy atom. The van der Waals surface area contributed by atoms with Crippen molar-refractivity contribution in [2.24, 2.45) is 0 Å². The molecule has 0 fully saturated rings. The normalized spacial score (nSPS) is 12.0.